The average molecular weight is 618 g/mol. The van der Waals surface area contributed by atoms with E-state index < -0.39 is 53.4 Å². The Kier molecular flexibility index (Phi) is 27.8. The Balaban J connectivity index is -0.000000150. The summed E-state index contributed by atoms with van der Waals surface area (Å²) in [6, 6.07) is 0. The average Bonchev–Trinajstić information content (AvgIpc) is 2.51. The van der Waals surface area contributed by atoms with Crippen molar-refractivity contribution in [1.29, 1.82) is 0 Å². The number of aliphatic hydroxyl groups is 2. The normalized spacial score (nSPS) is 13.1. The molecule has 14 nitrogen and oxygen atoms in total. The van der Waals surface area contributed by atoms with Gasteiger partial charge in [-0.1, -0.05) is 38.5 Å². The first kappa shape index (κ1) is 48.3. The van der Waals surface area contributed by atoms with Gasteiger partial charge < -0.3 is 55.1 Å². The molecule has 0 atom stereocenters. The Bertz CT molecular complexity index is 659. The van der Waals surface area contributed by atoms with Gasteiger partial charge in [-0.2, -0.15) is 0 Å². The second-order valence-electron chi connectivity index (χ2n) is 7.05. The van der Waals surface area contributed by atoms with Crippen LogP contribution >= 0.6 is 30.4 Å². The second kappa shape index (κ2) is 19.6. The van der Waals surface area contributed by atoms with E-state index in [4.69, 9.17) is 39.1 Å². The number of hydrogen-bond donors (Lipinski definition) is 10. The van der Waals surface area contributed by atoms with Crippen LogP contribution < -0.4 is 118 Å². The minimum Gasteiger partial charge on any atom is -1.00 e. The first-order chi connectivity index (χ1) is 13.2. The molecule has 34 heavy (non-hydrogen) atoms. The molecule has 0 aliphatic rings. The van der Waals surface area contributed by atoms with Crippen LogP contribution in [0.5, 0.6) is 0 Å². The summed E-state index contributed by atoms with van der Waals surface area (Å²) in [6.07, 6.45) is 1.15. The fourth-order valence-corrected chi connectivity index (χ4v) is 7.22. The van der Waals surface area contributed by atoms with Gasteiger partial charge in [-0.3, -0.25) is 18.3 Å². The predicted octanol–water partition coefficient (Wildman–Crippen LogP) is -10.6. The zero-order valence-electron chi connectivity index (χ0n) is 24.0. The standard InChI is InChI=1S/C12H30O14P4.4Na.4H/c13-11(27(15,16)17,28(18,19)20)9-7-5-3-1-2-4-6-8-10-12(14,29(21,22)23)30(24,25)26;;;;;;;;/h13-14H,1-10H2,(H2,15,16,17)(H2,18,19,20)(H2,21,22,23)(H2,24,25,26);;;;;;;;/q;4*+1;4*-1. The molecule has 0 rings (SSSR count). The van der Waals surface area contributed by atoms with E-state index in [9.17, 15) is 28.5 Å². The van der Waals surface area contributed by atoms with E-state index in [0.29, 0.717) is 38.5 Å². The molecule has 0 aliphatic carbocycles. The van der Waals surface area contributed by atoms with E-state index in [1.807, 2.05) is 0 Å². The van der Waals surface area contributed by atoms with E-state index in [-0.39, 0.29) is 137 Å². The van der Waals surface area contributed by atoms with Crippen molar-refractivity contribution >= 4 is 30.4 Å². The third-order valence-electron chi connectivity index (χ3n) is 4.64. The molecule has 10 N–H and O–H groups in total. The summed E-state index contributed by atoms with van der Waals surface area (Å²) in [7, 11) is -21.8. The number of rotatable bonds is 15. The fraction of sp³-hybridized carbons (Fsp3) is 1.00. The van der Waals surface area contributed by atoms with Gasteiger partial charge >= 0.3 is 149 Å². The largest absolute Gasteiger partial charge is 1.00 e. The molecule has 0 unspecified atom stereocenters. The maximum absolute atomic E-state index is 11.2. The fourth-order valence-electron chi connectivity index (χ4n) is 2.71. The molecular weight excluding hydrogens is 584 g/mol. The summed E-state index contributed by atoms with van der Waals surface area (Å²) < 4.78 is 44.8. The van der Waals surface area contributed by atoms with E-state index >= 15 is 0 Å². The molecular formula is C12H34Na4O14P4. The third kappa shape index (κ3) is 14.9. The molecule has 0 bridgehead atoms. The van der Waals surface area contributed by atoms with Crippen LogP contribution in [0.2, 0.25) is 0 Å². The maximum Gasteiger partial charge on any atom is 1.00 e. The number of unbranched alkanes of at least 4 members (excludes halogenated alkanes) is 7. The molecule has 0 spiro atoms. The second-order valence-corrected chi connectivity index (χ2v) is 15.1. The zero-order chi connectivity index (χ0) is 24.1. The Morgan fingerprint density at radius 2 is 0.559 bits per heavy atom. The van der Waals surface area contributed by atoms with Crippen molar-refractivity contribution in [3.8, 4) is 0 Å². The SMILES string of the molecule is O=P(O)(O)C(O)(CCCCCCCCCCC(O)(P(=O)(O)O)P(=O)(O)O)P(=O)(O)O.[H-].[H-].[H-].[H-].[Na+].[Na+].[Na+].[Na+]. The molecule has 0 aromatic carbocycles. The molecule has 0 radical (unpaired) electrons. The van der Waals surface area contributed by atoms with Crippen molar-refractivity contribution < 1.29 is 192 Å². The summed E-state index contributed by atoms with van der Waals surface area (Å²) in [5.41, 5.74) is 0. The predicted molar refractivity (Wildman–Crippen MR) is 109 cm³/mol. The maximum atomic E-state index is 11.2. The van der Waals surface area contributed by atoms with Gasteiger partial charge in [0.1, 0.15) is 0 Å². The van der Waals surface area contributed by atoms with Crippen molar-refractivity contribution in [2.75, 3.05) is 0 Å². The molecule has 190 valence electrons. The van der Waals surface area contributed by atoms with E-state index in [1.165, 1.54) is 0 Å². The third-order valence-corrected chi connectivity index (χ3v) is 12.4. The van der Waals surface area contributed by atoms with Crippen molar-refractivity contribution in [2.45, 2.75) is 74.4 Å². The molecule has 0 aliphatic heterocycles. The summed E-state index contributed by atoms with van der Waals surface area (Å²) in [5, 5.41) is 12.6. The van der Waals surface area contributed by atoms with Gasteiger partial charge in [-0.05, 0) is 25.7 Å². The molecule has 0 saturated heterocycles. The van der Waals surface area contributed by atoms with Crippen LogP contribution in [0.15, 0.2) is 0 Å². The van der Waals surface area contributed by atoms with Crippen molar-refractivity contribution in [3.05, 3.63) is 0 Å². The minimum atomic E-state index is -5.46. The van der Waals surface area contributed by atoms with Gasteiger partial charge in [0, 0.05) is 0 Å². The first-order valence-corrected chi connectivity index (χ1v) is 15.3. The van der Waals surface area contributed by atoms with Crippen molar-refractivity contribution in [2.24, 2.45) is 0 Å². The topological polar surface area (TPSA) is 271 Å². The molecule has 0 aromatic rings. The number of hydrogen-bond acceptors (Lipinski definition) is 6. The van der Waals surface area contributed by atoms with Gasteiger partial charge in [0.25, 0.3) is 10.2 Å². The van der Waals surface area contributed by atoms with Crippen molar-refractivity contribution in [1.82, 2.24) is 0 Å². The monoisotopic (exact) mass is 618 g/mol. The van der Waals surface area contributed by atoms with Crippen LogP contribution in [-0.2, 0) is 18.3 Å². The summed E-state index contributed by atoms with van der Waals surface area (Å²) >= 11 is 0. The quantitative estimate of drug-likeness (QED) is 0.0464. The van der Waals surface area contributed by atoms with E-state index in [0.717, 1.165) is 0 Å². The Labute approximate surface area is 292 Å². The van der Waals surface area contributed by atoms with Gasteiger partial charge in [0.15, 0.2) is 0 Å². The Morgan fingerprint density at radius 1 is 0.412 bits per heavy atom. The Hall–Kier alpha value is 4.52. The van der Waals surface area contributed by atoms with Crippen molar-refractivity contribution in [3.63, 3.8) is 0 Å². The summed E-state index contributed by atoms with van der Waals surface area (Å²) in [5.74, 6) is 0. The van der Waals surface area contributed by atoms with Gasteiger partial charge in [0.2, 0.25) is 0 Å². The minimum absolute atomic E-state index is 0. The zero-order valence-corrected chi connectivity index (χ0v) is 31.5. The summed E-state index contributed by atoms with van der Waals surface area (Å²) in [6.45, 7) is 0. The molecule has 0 fully saturated rings. The molecule has 22 heteroatoms. The smallest absolute Gasteiger partial charge is 1.00 e. The summed E-state index contributed by atoms with van der Waals surface area (Å²) in [4.78, 5) is 72.1. The molecule has 0 saturated carbocycles. The molecule has 0 aromatic heterocycles. The van der Waals surface area contributed by atoms with E-state index in [1.54, 1.807) is 0 Å². The van der Waals surface area contributed by atoms with Gasteiger partial charge in [-0.25, -0.2) is 0 Å². The Morgan fingerprint density at radius 3 is 0.706 bits per heavy atom. The van der Waals surface area contributed by atoms with Crippen LogP contribution in [0.1, 0.15) is 69.9 Å². The van der Waals surface area contributed by atoms with Crippen LogP contribution in [0.25, 0.3) is 0 Å². The van der Waals surface area contributed by atoms with Crippen LogP contribution in [0, 0.1) is 0 Å². The molecule has 0 amide bonds. The molecule has 0 heterocycles. The van der Waals surface area contributed by atoms with Crippen LogP contribution in [0.4, 0.5) is 0 Å². The van der Waals surface area contributed by atoms with Gasteiger partial charge in [0.05, 0.1) is 0 Å². The van der Waals surface area contributed by atoms with Crippen LogP contribution in [-0.4, -0.2) is 59.5 Å². The van der Waals surface area contributed by atoms with Crippen LogP contribution in [0.3, 0.4) is 0 Å². The first-order valence-electron chi connectivity index (χ1n) is 8.88. The van der Waals surface area contributed by atoms with E-state index in [2.05, 4.69) is 0 Å². The van der Waals surface area contributed by atoms with Gasteiger partial charge in [-0.15, -0.1) is 0 Å².